The Hall–Kier alpha value is -1.34. The van der Waals surface area contributed by atoms with Crippen molar-refractivity contribution in [2.45, 2.75) is 44.5 Å². The third kappa shape index (κ3) is 3.21. The first kappa shape index (κ1) is 16.7. The normalized spacial score (nSPS) is 16.6. The van der Waals surface area contributed by atoms with Crippen molar-refractivity contribution in [1.82, 2.24) is 4.98 Å². The van der Waals surface area contributed by atoms with Crippen molar-refractivity contribution in [1.29, 1.82) is 0 Å². The molecule has 1 aromatic heterocycles. The molecule has 0 bridgehead atoms. The van der Waals surface area contributed by atoms with Crippen LogP contribution in [0.3, 0.4) is 0 Å². The molecule has 2 atom stereocenters. The van der Waals surface area contributed by atoms with E-state index in [4.69, 9.17) is 10.5 Å². The number of rotatable bonds is 6. The second kappa shape index (κ2) is 6.41. The Morgan fingerprint density at radius 3 is 2.50 bits per heavy atom. The lowest BCUT2D eigenvalue weighted by atomic mass is 9.85. The van der Waals surface area contributed by atoms with E-state index in [0.717, 1.165) is 12.3 Å². The number of hydrogen-bond donors (Lipinski definition) is 2. The van der Waals surface area contributed by atoms with Crippen LogP contribution in [-0.2, 0) is 5.60 Å². The Kier molecular flexibility index (Phi) is 5.35. The van der Waals surface area contributed by atoms with Gasteiger partial charge in [-0.25, -0.2) is 0 Å². The van der Waals surface area contributed by atoms with Gasteiger partial charge in [0.15, 0.2) is 0 Å². The minimum absolute atomic E-state index is 0.0317. The summed E-state index contributed by atoms with van der Waals surface area (Å²) in [4.78, 5) is 3.69. The summed E-state index contributed by atoms with van der Waals surface area (Å²) in [6, 6.07) is -0.350. The minimum atomic E-state index is -4.90. The summed E-state index contributed by atoms with van der Waals surface area (Å²) in [7, 11) is 0. The summed E-state index contributed by atoms with van der Waals surface area (Å²) in [6.45, 7) is 3.71. The molecule has 0 aliphatic carbocycles. The fourth-order valence-corrected chi connectivity index (χ4v) is 1.81. The highest BCUT2D eigenvalue weighted by Gasteiger charge is 2.58. The molecule has 7 heteroatoms. The van der Waals surface area contributed by atoms with Crippen molar-refractivity contribution >= 4 is 0 Å². The van der Waals surface area contributed by atoms with E-state index in [1.165, 1.54) is 13.1 Å². The molecule has 3 N–H and O–H groups in total. The molecule has 0 radical (unpaired) electrons. The van der Waals surface area contributed by atoms with E-state index in [2.05, 4.69) is 4.98 Å². The first-order valence-corrected chi connectivity index (χ1v) is 6.40. The molecule has 20 heavy (non-hydrogen) atoms. The number of aromatic nitrogens is 1. The molecule has 4 nitrogen and oxygen atoms in total. The van der Waals surface area contributed by atoms with Crippen LogP contribution in [0.2, 0.25) is 0 Å². The van der Waals surface area contributed by atoms with E-state index in [9.17, 15) is 18.3 Å². The van der Waals surface area contributed by atoms with Gasteiger partial charge in [-0.15, -0.1) is 0 Å². The Bertz CT molecular complexity index is 440. The van der Waals surface area contributed by atoms with Crippen molar-refractivity contribution in [2.75, 3.05) is 6.61 Å². The molecule has 0 amide bonds. The Balaban J connectivity index is 3.21. The van der Waals surface area contributed by atoms with Crippen LogP contribution in [0.1, 0.15) is 32.3 Å². The first-order valence-electron chi connectivity index (χ1n) is 6.40. The Labute approximate surface area is 115 Å². The minimum Gasteiger partial charge on any atom is -0.492 e. The average Bonchev–Trinajstić information content (AvgIpc) is 2.42. The maximum atomic E-state index is 13.2. The maximum Gasteiger partial charge on any atom is 0.423 e. The number of aliphatic hydroxyl groups is 1. The van der Waals surface area contributed by atoms with E-state index in [1.807, 2.05) is 6.92 Å². The molecule has 0 fully saturated rings. The van der Waals surface area contributed by atoms with Crippen LogP contribution in [0.4, 0.5) is 13.2 Å². The number of nitrogens with two attached hydrogens (primary N) is 1. The fraction of sp³-hybridized carbons (Fsp3) is 0.615. The number of halogens is 3. The molecule has 0 saturated carbocycles. The lowest BCUT2D eigenvalue weighted by Gasteiger charge is -2.35. The Morgan fingerprint density at radius 1 is 1.35 bits per heavy atom. The number of alkyl halides is 3. The number of pyridine rings is 1. The molecule has 0 aliphatic rings. The largest absolute Gasteiger partial charge is 0.492 e. The van der Waals surface area contributed by atoms with Crippen molar-refractivity contribution in [2.24, 2.45) is 5.73 Å². The van der Waals surface area contributed by atoms with Gasteiger partial charge in [-0.2, -0.15) is 13.2 Å². The van der Waals surface area contributed by atoms with Gasteiger partial charge in [0, 0.05) is 17.8 Å². The third-order valence-electron chi connectivity index (χ3n) is 3.03. The zero-order valence-electron chi connectivity index (χ0n) is 11.4. The zero-order chi connectivity index (χ0) is 15.4. The molecular weight excluding hydrogens is 273 g/mol. The maximum absolute atomic E-state index is 13.2. The molecular formula is C13H19F3N2O2. The van der Waals surface area contributed by atoms with Crippen LogP contribution in [0.5, 0.6) is 5.75 Å². The summed E-state index contributed by atoms with van der Waals surface area (Å²) in [5.74, 6) is 0.176. The number of ether oxygens (including phenoxy) is 1. The average molecular weight is 292 g/mol. The summed E-state index contributed by atoms with van der Waals surface area (Å²) < 4.78 is 44.9. The number of nitrogens with zero attached hydrogens (tertiary/aromatic N) is 1. The molecule has 114 valence electrons. The summed E-state index contributed by atoms with van der Waals surface area (Å²) in [5, 5.41) is 10.1. The lowest BCUT2D eigenvalue weighted by molar-refractivity contribution is -0.274. The highest BCUT2D eigenvalue weighted by atomic mass is 19.4. The van der Waals surface area contributed by atoms with Gasteiger partial charge in [0.1, 0.15) is 5.75 Å². The van der Waals surface area contributed by atoms with Gasteiger partial charge in [-0.05, 0) is 18.9 Å². The van der Waals surface area contributed by atoms with Crippen LogP contribution in [-0.4, -0.2) is 28.9 Å². The molecule has 2 unspecified atom stereocenters. The summed E-state index contributed by atoms with van der Waals surface area (Å²) >= 11 is 0. The second-order valence-corrected chi connectivity index (χ2v) is 4.54. The van der Waals surface area contributed by atoms with E-state index in [-0.39, 0.29) is 12.2 Å². The van der Waals surface area contributed by atoms with Gasteiger partial charge < -0.3 is 15.6 Å². The van der Waals surface area contributed by atoms with E-state index in [1.54, 1.807) is 0 Å². The van der Waals surface area contributed by atoms with Crippen LogP contribution in [0.15, 0.2) is 18.5 Å². The molecule has 0 spiro atoms. The van der Waals surface area contributed by atoms with Gasteiger partial charge >= 0.3 is 6.18 Å². The zero-order valence-corrected chi connectivity index (χ0v) is 11.4. The van der Waals surface area contributed by atoms with Crippen molar-refractivity contribution in [3.8, 4) is 5.75 Å². The SMILES string of the molecule is CCCOc1cncc(C(O)(C(N)CC)C(F)(F)F)c1. The topological polar surface area (TPSA) is 68.4 Å². The molecule has 0 aromatic carbocycles. The second-order valence-electron chi connectivity index (χ2n) is 4.54. The van der Waals surface area contributed by atoms with E-state index < -0.39 is 23.4 Å². The first-order chi connectivity index (χ1) is 9.27. The third-order valence-corrected chi connectivity index (χ3v) is 3.03. The fourth-order valence-electron chi connectivity index (χ4n) is 1.81. The highest BCUT2D eigenvalue weighted by molar-refractivity contribution is 5.31. The summed E-state index contributed by atoms with van der Waals surface area (Å²) in [6.07, 6.45) is -1.96. The van der Waals surface area contributed by atoms with Crippen LogP contribution < -0.4 is 10.5 Å². The van der Waals surface area contributed by atoms with Crippen LogP contribution in [0.25, 0.3) is 0 Å². The van der Waals surface area contributed by atoms with Crippen molar-refractivity contribution in [3.63, 3.8) is 0 Å². The predicted molar refractivity (Wildman–Crippen MR) is 68.2 cm³/mol. The van der Waals surface area contributed by atoms with Gasteiger partial charge in [0.2, 0.25) is 5.60 Å². The molecule has 1 aromatic rings. The standard InChI is InChI=1S/C13H19F3N2O2/c1-3-5-20-10-6-9(7-18-8-10)12(19,11(17)4-2)13(14,15)16/h6-8,11,19H,3-5,17H2,1-2H3. The number of hydrogen-bond acceptors (Lipinski definition) is 4. The van der Waals surface area contributed by atoms with E-state index >= 15 is 0 Å². The van der Waals surface area contributed by atoms with Gasteiger partial charge in [-0.3, -0.25) is 4.98 Å². The van der Waals surface area contributed by atoms with Crippen molar-refractivity contribution < 1.29 is 23.0 Å². The van der Waals surface area contributed by atoms with E-state index in [0.29, 0.717) is 13.0 Å². The smallest absolute Gasteiger partial charge is 0.423 e. The van der Waals surface area contributed by atoms with Crippen LogP contribution in [0, 0.1) is 0 Å². The molecule has 0 saturated heterocycles. The quantitative estimate of drug-likeness (QED) is 0.844. The van der Waals surface area contributed by atoms with Gasteiger partial charge in [0.05, 0.1) is 12.8 Å². The van der Waals surface area contributed by atoms with Crippen LogP contribution >= 0.6 is 0 Å². The Morgan fingerprint density at radius 2 is 2.00 bits per heavy atom. The van der Waals surface area contributed by atoms with Crippen molar-refractivity contribution in [3.05, 3.63) is 24.0 Å². The highest BCUT2D eigenvalue weighted by Crippen LogP contribution is 2.42. The lowest BCUT2D eigenvalue weighted by Crippen LogP contribution is -2.55. The monoisotopic (exact) mass is 292 g/mol. The molecule has 1 heterocycles. The molecule has 0 aliphatic heterocycles. The van der Waals surface area contributed by atoms with Gasteiger partial charge in [0.25, 0.3) is 0 Å². The summed E-state index contributed by atoms with van der Waals surface area (Å²) in [5.41, 5.74) is 1.93. The predicted octanol–water partition coefficient (Wildman–Crippen LogP) is 2.36. The molecule has 1 rings (SSSR count). The van der Waals surface area contributed by atoms with Gasteiger partial charge in [-0.1, -0.05) is 13.8 Å².